The molecule has 73 heavy (non-hydrogen) atoms. The third-order valence-electron chi connectivity index (χ3n) is 12.5. The number of hydrogen-bond acceptors (Lipinski definition) is 11. The van der Waals surface area contributed by atoms with E-state index in [1.807, 2.05) is 0 Å². The van der Waals surface area contributed by atoms with Crippen LogP contribution < -0.4 is 0 Å². The maximum atomic E-state index is 13.1. The lowest BCUT2D eigenvalue weighted by molar-refractivity contribution is -0.301. The Kier molecular flexibility index (Phi) is 44.7. The van der Waals surface area contributed by atoms with Crippen LogP contribution in [0.3, 0.4) is 0 Å². The number of unbranched alkanes of at least 4 members (excludes halogenated alkanes) is 19. The third-order valence-corrected chi connectivity index (χ3v) is 12.5. The van der Waals surface area contributed by atoms with Crippen molar-refractivity contribution in [3.8, 4) is 0 Å². The molecule has 1 fully saturated rings. The number of aliphatic hydroxyl groups excluding tert-OH is 2. The molecule has 6 unspecified atom stereocenters. The molecule has 1 aliphatic heterocycles. The van der Waals surface area contributed by atoms with Gasteiger partial charge in [-0.05, 0) is 96.3 Å². The van der Waals surface area contributed by atoms with E-state index in [4.69, 9.17) is 23.7 Å². The van der Waals surface area contributed by atoms with Crippen molar-refractivity contribution in [3.05, 3.63) is 85.1 Å². The average Bonchev–Trinajstić information content (AvgIpc) is 3.37. The summed E-state index contributed by atoms with van der Waals surface area (Å²) in [7, 11) is 0. The van der Waals surface area contributed by atoms with E-state index in [1.54, 1.807) is 0 Å². The van der Waals surface area contributed by atoms with Crippen LogP contribution in [0.25, 0.3) is 0 Å². The van der Waals surface area contributed by atoms with Gasteiger partial charge in [0.2, 0.25) is 0 Å². The number of hydrogen-bond donors (Lipinski definition) is 3. The molecule has 416 valence electrons. The van der Waals surface area contributed by atoms with Crippen LogP contribution in [0.4, 0.5) is 0 Å². The number of carboxylic acid groups (broad SMARTS) is 1. The summed E-state index contributed by atoms with van der Waals surface area (Å²) in [5.41, 5.74) is 0. The Morgan fingerprint density at radius 1 is 0.466 bits per heavy atom. The summed E-state index contributed by atoms with van der Waals surface area (Å²) in [5, 5.41) is 31.4. The SMILES string of the molecule is CC/C=C\C/C=C\C/C=C\C/C=C\CCCCC(=O)OC1C(OCC(COC(=O)CCCCCCCC/C=C\C/C=C\C/C=C\CCCCC)OC(=O)CCCCCCCCCCC)OC(C(=O)O)C(O)C1O. The van der Waals surface area contributed by atoms with Gasteiger partial charge in [-0.2, -0.15) is 0 Å². The zero-order valence-electron chi connectivity index (χ0n) is 45.6. The molecule has 6 atom stereocenters. The molecule has 0 radical (unpaired) electrons. The Labute approximate surface area is 441 Å². The summed E-state index contributed by atoms with van der Waals surface area (Å²) in [6, 6.07) is 0. The number of allylic oxidation sites excluding steroid dienone is 14. The lowest BCUT2D eigenvalue weighted by Gasteiger charge is -2.40. The van der Waals surface area contributed by atoms with E-state index in [0.29, 0.717) is 25.7 Å². The van der Waals surface area contributed by atoms with Crippen molar-refractivity contribution in [2.75, 3.05) is 13.2 Å². The molecule has 0 aromatic heterocycles. The Balaban J connectivity index is 2.68. The van der Waals surface area contributed by atoms with Crippen molar-refractivity contribution >= 4 is 23.9 Å². The van der Waals surface area contributed by atoms with Gasteiger partial charge in [0.25, 0.3) is 0 Å². The predicted molar refractivity (Wildman–Crippen MR) is 294 cm³/mol. The second kappa shape index (κ2) is 48.8. The summed E-state index contributed by atoms with van der Waals surface area (Å²) < 4.78 is 28.3. The third kappa shape index (κ3) is 39.0. The van der Waals surface area contributed by atoms with Gasteiger partial charge < -0.3 is 39.0 Å². The summed E-state index contributed by atoms with van der Waals surface area (Å²) in [4.78, 5) is 50.9. The fourth-order valence-electron chi connectivity index (χ4n) is 8.07. The molecule has 12 heteroatoms. The van der Waals surface area contributed by atoms with Gasteiger partial charge in [-0.15, -0.1) is 0 Å². The largest absolute Gasteiger partial charge is 0.479 e. The molecule has 1 saturated heterocycles. The molecule has 3 N–H and O–H groups in total. The summed E-state index contributed by atoms with van der Waals surface area (Å²) in [6.45, 7) is 5.78. The molecule has 0 spiro atoms. The highest BCUT2D eigenvalue weighted by atomic mass is 16.7. The summed E-state index contributed by atoms with van der Waals surface area (Å²) >= 11 is 0. The van der Waals surface area contributed by atoms with Gasteiger partial charge in [-0.25, -0.2) is 4.79 Å². The minimum atomic E-state index is -1.92. The highest BCUT2D eigenvalue weighted by Crippen LogP contribution is 2.26. The van der Waals surface area contributed by atoms with Crippen molar-refractivity contribution in [2.45, 2.75) is 263 Å². The first-order valence-electron chi connectivity index (χ1n) is 28.6. The number of ether oxygens (including phenoxy) is 5. The normalized spacial score (nSPS) is 18.9. The van der Waals surface area contributed by atoms with E-state index < -0.39 is 67.3 Å². The van der Waals surface area contributed by atoms with Crippen LogP contribution in [-0.2, 0) is 42.9 Å². The molecule has 12 nitrogen and oxygen atoms in total. The molecular weight excluding hydrogens is 925 g/mol. The predicted octanol–water partition coefficient (Wildman–Crippen LogP) is 14.3. The van der Waals surface area contributed by atoms with Crippen LogP contribution >= 0.6 is 0 Å². The molecule has 0 saturated carbocycles. The lowest BCUT2D eigenvalue weighted by Crippen LogP contribution is -2.61. The van der Waals surface area contributed by atoms with Crippen LogP contribution in [0.15, 0.2) is 85.1 Å². The van der Waals surface area contributed by atoms with Crippen molar-refractivity contribution in [1.82, 2.24) is 0 Å². The molecule has 0 bridgehead atoms. The number of carbonyl (C=O) groups is 4. The van der Waals surface area contributed by atoms with Crippen LogP contribution in [0, 0.1) is 0 Å². The van der Waals surface area contributed by atoms with Gasteiger partial charge in [0.1, 0.15) is 18.8 Å². The highest BCUT2D eigenvalue weighted by molar-refractivity contribution is 5.74. The average molecular weight is 1030 g/mol. The van der Waals surface area contributed by atoms with E-state index in [1.165, 1.54) is 57.8 Å². The van der Waals surface area contributed by atoms with E-state index >= 15 is 0 Å². The standard InChI is InChI=1S/C61H100O12/c1-4-7-10-13-16-19-21-23-25-26-27-28-30-31-33-36-38-41-44-47-53(62)69-50-52(71-54(63)48-45-42-39-35-18-15-12-9-6-3)51-70-61-59(57(66)56(65)58(73-61)60(67)68)72-55(64)49-46-43-40-37-34-32-29-24-22-20-17-14-11-8-5-2/h8,11,16-17,19-20,23-25,27-29,34,37,52,56-59,61,65-66H,4-7,9-10,12-15,18,21-22,26,30-33,35-36,38-51H2,1-3H3,(H,67,68)/b11-8-,19-16-,20-17-,25-23-,28-27-,29-24-,37-34-. The van der Waals surface area contributed by atoms with Crippen LogP contribution in [-0.4, -0.2) is 89.2 Å². The topological polar surface area (TPSA) is 175 Å². The summed E-state index contributed by atoms with van der Waals surface area (Å²) in [6.07, 6.45) is 50.0. The summed E-state index contributed by atoms with van der Waals surface area (Å²) in [5.74, 6) is -3.20. The second-order valence-electron chi connectivity index (χ2n) is 19.2. The molecule has 0 amide bonds. The number of aliphatic hydroxyl groups is 2. The Morgan fingerprint density at radius 3 is 1.37 bits per heavy atom. The van der Waals surface area contributed by atoms with Gasteiger partial charge >= 0.3 is 23.9 Å². The first-order chi connectivity index (χ1) is 35.6. The van der Waals surface area contributed by atoms with E-state index in [2.05, 4.69) is 106 Å². The first kappa shape index (κ1) is 66.9. The highest BCUT2D eigenvalue weighted by Gasteiger charge is 2.50. The van der Waals surface area contributed by atoms with Gasteiger partial charge in [0.05, 0.1) is 6.61 Å². The monoisotopic (exact) mass is 1020 g/mol. The maximum Gasteiger partial charge on any atom is 0.335 e. The minimum absolute atomic E-state index is 0.00477. The number of rotatable bonds is 47. The Bertz CT molecular complexity index is 1590. The van der Waals surface area contributed by atoms with Gasteiger partial charge in [-0.1, -0.05) is 196 Å². The van der Waals surface area contributed by atoms with E-state index in [0.717, 1.165) is 103 Å². The van der Waals surface area contributed by atoms with E-state index in [9.17, 15) is 34.5 Å². The van der Waals surface area contributed by atoms with Crippen LogP contribution in [0.5, 0.6) is 0 Å². The number of carboxylic acids is 1. The van der Waals surface area contributed by atoms with Crippen LogP contribution in [0.2, 0.25) is 0 Å². The van der Waals surface area contributed by atoms with E-state index in [-0.39, 0.29) is 25.9 Å². The fraction of sp³-hybridized carbons (Fsp3) is 0.705. The van der Waals surface area contributed by atoms with Gasteiger partial charge in [0, 0.05) is 19.3 Å². The second-order valence-corrected chi connectivity index (χ2v) is 19.2. The van der Waals surface area contributed by atoms with Crippen molar-refractivity contribution in [3.63, 3.8) is 0 Å². The molecular formula is C61H100O12. The minimum Gasteiger partial charge on any atom is -0.479 e. The molecule has 1 rings (SSSR count). The Morgan fingerprint density at radius 2 is 0.863 bits per heavy atom. The molecule has 0 aromatic rings. The first-order valence-corrected chi connectivity index (χ1v) is 28.6. The molecule has 1 aliphatic rings. The quantitative estimate of drug-likeness (QED) is 0.0228. The number of aliphatic carboxylic acids is 1. The van der Waals surface area contributed by atoms with Crippen molar-refractivity contribution in [1.29, 1.82) is 0 Å². The lowest BCUT2D eigenvalue weighted by atomic mass is 9.98. The zero-order chi connectivity index (χ0) is 53.3. The number of esters is 3. The number of carbonyl (C=O) groups excluding carboxylic acids is 3. The zero-order valence-corrected chi connectivity index (χ0v) is 45.6. The van der Waals surface area contributed by atoms with Crippen molar-refractivity contribution < 1.29 is 58.2 Å². The maximum absolute atomic E-state index is 13.1. The van der Waals surface area contributed by atoms with Gasteiger partial charge in [-0.3, -0.25) is 14.4 Å². The fourth-order valence-corrected chi connectivity index (χ4v) is 8.07. The molecule has 0 aliphatic carbocycles. The molecule has 1 heterocycles. The molecule has 0 aromatic carbocycles. The van der Waals surface area contributed by atoms with Crippen molar-refractivity contribution in [2.24, 2.45) is 0 Å². The smallest absolute Gasteiger partial charge is 0.335 e. The van der Waals surface area contributed by atoms with Gasteiger partial charge in [0.15, 0.2) is 24.6 Å². The Hall–Kier alpha value is -4.10. The van der Waals surface area contributed by atoms with Crippen LogP contribution in [0.1, 0.15) is 226 Å².